The van der Waals surface area contributed by atoms with Gasteiger partial charge in [0.2, 0.25) is 11.8 Å². The number of nitrogens with one attached hydrogen (secondary N) is 2. The zero-order valence-corrected chi connectivity index (χ0v) is 9.45. The summed E-state index contributed by atoms with van der Waals surface area (Å²) in [6.45, 7) is 0.510. The average Bonchev–Trinajstić information content (AvgIpc) is 2.65. The number of carbonyl (C=O) groups is 2. The second kappa shape index (κ2) is 4.97. The van der Waals surface area contributed by atoms with Crippen LogP contribution in [0.1, 0.15) is 18.4 Å². The molecule has 4 N–H and O–H groups in total. The van der Waals surface area contributed by atoms with Gasteiger partial charge in [-0.2, -0.15) is 0 Å². The van der Waals surface area contributed by atoms with E-state index >= 15 is 0 Å². The summed E-state index contributed by atoms with van der Waals surface area (Å²) in [4.78, 5) is 22.6. The molecule has 0 saturated carbocycles. The second-order valence-corrected chi connectivity index (χ2v) is 4.04. The van der Waals surface area contributed by atoms with Crippen molar-refractivity contribution in [3.63, 3.8) is 0 Å². The molecule has 1 aromatic carbocycles. The van der Waals surface area contributed by atoms with E-state index < -0.39 is 0 Å². The van der Waals surface area contributed by atoms with Gasteiger partial charge in [-0.05, 0) is 36.7 Å². The fourth-order valence-corrected chi connectivity index (χ4v) is 1.79. The van der Waals surface area contributed by atoms with E-state index in [4.69, 9.17) is 5.73 Å². The molecule has 0 fully saturated rings. The summed E-state index contributed by atoms with van der Waals surface area (Å²) in [6.07, 6.45) is 1.48. The SMILES string of the molecule is NCCCC(=O)Nc1ccc2c(c1)CC(=O)N2. The predicted octanol–water partition coefficient (Wildman–Crippen LogP) is 0.859. The molecule has 5 heteroatoms. The van der Waals surface area contributed by atoms with Gasteiger partial charge in [0, 0.05) is 17.8 Å². The van der Waals surface area contributed by atoms with E-state index in [-0.39, 0.29) is 11.8 Å². The Morgan fingerprint density at radius 3 is 3.06 bits per heavy atom. The van der Waals surface area contributed by atoms with Crippen LogP contribution in [-0.2, 0) is 16.0 Å². The number of amides is 2. The van der Waals surface area contributed by atoms with Crippen LogP contribution < -0.4 is 16.4 Å². The minimum Gasteiger partial charge on any atom is -0.330 e. The standard InChI is InChI=1S/C12H15N3O2/c13-5-1-2-11(16)14-9-3-4-10-8(6-9)7-12(17)15-10/h3-4,6H,1-2,5,7,13H2,(H,14,16)(H,15,17). The van der Waals surface area contributed by atoms with Crippen LogP contribution in [0.2, 0.25) is 0 Å². The summed E-state index contributed by atoms with van der Waals surface area (Å²) < 4.78 is 0. The topological polar surface area (TPSA) is 84.2 Å². The normalized spacial score (nSPS) is 13.1. The third-order valence-electron chi connectivity index (χ3n) is 2.62. The number of fused-ring (bicyclic) bond motifs is 1. The molecule has 2 amide bonds. The number of anilines is 2. The molecule has 0 saturated heterocycles. The van der Waals surface area contributed by atoms with Gasteiger partial charge in [0.05, 0.1) is 6.42 Å². The van der Waals surface area contributed by atoms with Crippen molar-refractivity contribution in [3.8, 4) is 0 Å². The van der Waals surface area contributed by atoms with Crippen LogP contribution in [0.3, 0.4) is 0 Å². The first kappa shape index (κ1) is 11.6. The van der Waals surface area contributed by atoms with E-state index in [1.54, 1.807) is 12.1 Å². The highest BCUT2D eigenvalue weighted by atomic mass is 16.2. The molecular weight excluding hydrogens is 218 g/mol. The van der Waals surface area contributed by atoms with Gasteiger partial charge >= 0.3 is 0 Å². The van der Waals surface area contributed by atoms with Crippen molar-refractivity contribution in [2.45, 2.75) is 19.3 Å². The molecule has 0 unspecified atom stereocenters. The molecule has 0 aromatic heterocycles. The third-order valence-corrected chi connectivity index (χ3v) is 2.62. The summed E-state index contributed by atoms with van der Waals surface area (Å²) in [5.41, 5.74) is 7.81. The third kappa shape index (κ3) is 2.82. The Morgan fingerprint density at radius 2 is 2.29 bits per heavy atom. The molecule has 90 valence electrons. The number of hydrogen-bond donors (Lipinski definition) is 3. The molecule has 1 heterocycles. The summed E-state index contributed by atoms with van der Waals surface area (Å²) in [5, 5.41) is 5.53. The van der Waals surface area contributed by atoms with Crippen LogP contribution in [-0.4, -0.2) is 18.4 Å². The Hall–Kier alpha value is -1.88. The van der Waals surface area contributed by atoms with Crippen molar-refractivity contribution in [2.24, 2.45) is 5.73 Å². The Bertz CT molecular complexity index is 457. The molecule has 17 heavy (non-hydrogen) atoms. The number of nitrogens with two attached hydrogens (primary N) is 1. The smallest absolute Gasteiger partial charge is 0.228 e. The largest absolute Gasteiger partial charge is 0.330 e. The second-order valence-electron chi connectivity index (χ2n) is 4.04. The van der Waals surface area contributed by atoms with Crippen LogP contribution >= 0.6 is 0 Å². The number of benzene rings is 1. The molecule has 2 rings (SSSR count). The van der Waals surface area contributed by atoms with Gasteiger partial charge in [-0.15, -0.1) is 0 Å². The minimum atomic E-state index is -0.0484. The predicted molar refractivity (Wildman–Crippen MR) is 65.7 cm³/mol. The van der Waals surface area contributed by atoms with Crippen molar-refractivity contribution in [1.29, 1.82) is 0 Å². The number of carbonyl (C=O) groups excluding carboxylic acids is 2. The first-order chi connectivity index (χ1) is 8.19. The number of rotatable bonds is 4. The maximum absolute atomic E-state index is 11.5. The molecule has 1 aliphatic heterocycles. The molecular formula is C12H15N3O2. The summed E-state index contributed by atoms with van der Waals surface area (Å²) in [6, 6.07) is 5.41. The van der Waals surface area contributed by atoms with Crippen LogP contribution in [0.25, 0.3) is 0 Å². The lowest BCUT2D eigenvalue weighted by atomic mass is 10.1. The van der Waals surface area contributed by atoms with Crippen LogP contribution in [0.4, 0.5) is 11.4 Å². The highest BCUT2D eigenvalue weighted by Gasteiger charge is 2.17. The maximum Gasteiger partial charge on any atom is 0.228 e. The quantitative estimate of drug-likeness (QED) is 0.721. The first-order valence-corrected chi connectivity index (χ1v) is 5.62. The van der Waals surface area contributed by atoms with E-state index in [9.17, 15) is 9.59 Å². The number of hydrogen-bond acceptors (Lipinski definition) is 3. The van der Waals surface area contributed by atoms with Gasteiger partial charge in [-0.1, -0.05) is 0 Å². The molecule has 0 atom stereocenters. The Labute approximate surface area is 99.4 Å². The van der Waals surface area contributed by atoms with Crippen LogP contribution in [0.15, 0.2) is 18.2 Å². The van der Waals surface area contributed by atoms with E-state index in [1.807, 2.05) is 6.07 Å². The molecule has 5 nitrogen and oxygen atoms in total. The lowest BCUT2D eigenvalue weighted by Gasteiger charge is -2.06. The van der Waals surface area contributed by atoms with Crippen LogP contribution in [0, 0.1) is 0 Å². The van der Waals surface area contributed by atoms with Gasteiger partial charge < -0.3 is 16.4 Å². The van der Waals surface area contributed by atoms with Crippen molar-refractivity contribution >= 4 is 23.2 Å². The first-order valence-electron chi connectivity index (χ1n) is 5.62. The monoisotopic (exact) mass is 233 g/mol. The van der Waals surface area contributed by atoms with Gasteiger partial charge in [-0.3, -0.25) is 9.59 Å². The van der Waals surface area contributed by atoms with Crippen molar-refractivity contribution in [3.05, 3.63) is 23.8 Å². The molecule has 1 aromatic rings. The van der Waals surface area contributed by atoms with Gasteiger partial charge in [0.25, 0.3) is 0 Å². The molecule has 0 radical (unpaired) electrons. The summed E-state index contributed by atoms with van der Waals surface area (Å²) >= 11 is 0. The molecule has 0 bridgehead atoms. The van der Waals surface area contributed by atoms with E-state index in [0.29, 0.717) is 25.8 Å². The van der Waals surface area contributed by atoms with E-state index in [2.05, 4.69) is 10.6 Å². The Morgan fingerprint density at radius 1 is 1.47 bits per heavy atom. The van der Waals surface area contributed by atoms with Crippen molar-refractivity contribution < 1.29 is 9.59 Å². The zero-order valence-electron chi connectivity index (χ0n) is 9.45. The van der Waals surface area contributed by atoms with Gasteiger partial charge in [0.15, 0.2) is 0 Å². The lowest BCUT2D eigenvalue weighted by molar-refractivity contribution is -0.116. The van der Waals surface area contributed by atoms with Crippen molar-refractivity contribution in [1.82, 2.24) is 0 Å². The molecule has 1 aliphatic rings. The maximum atomic E-state index is 11.5. The minimum absolute atomic E-state index is 0.00777. The average molecular weight is 233 g/mol. The summed E-state index contributed by atoms with van der Waals surface area (Å²) in [5.74, 6) is -0.0562. The van der Waals surface area contributed by atoms with Crippen LogP contribution in [0.5, 0.6) is 0 Å². The van der Waals surface area contributed by atoms with Gasteiger partial charge in [-0.25, -0.2) is 0 Å². The van der Waals surface area contributed by atoms with Crippen molar-refractivity contribution in [2.75, 3.05) is 17.2 Å². The molecule has 0 spiro atoms. The van der Waals surface area contributed by atoms with E-state index in [1.165, 1.54) is 0 Å². The zero-order chi connectivity index (χ0) is 12.3. The lowest BCUT2D eigenvalue weighted by Crippen LogP contribution is -2.13. The Kier molecular flexibility index (Phi) is 3.39. The fraction of sp³-hybridized carbons (Fsp3) is 0.333. The fourth-order valence-electron chi connectivity index (χ4n) is 1.79. The van der Waals surface area contributed by atoms with Gasteiger partial charge in [0.1, 0.15) is 0 Å². The Balaban J connectivity index is 2.01. The molecule has 0 aliphatic carbocycles. The van der Waals surface area contributed by atoms with E-state index in [0.717, 1.165) is 16.9 Å². The summed E-state index contributed by atoms with van der Waals surface area (Å²) in [7, 11) is 0. The highest BCUT2D eigenvalue weighted by Crippen LogP contribution is 2.25. The highest BCUT2D eigenvalue weighted by molar-refractivity contribution is 6.00.